The van der Waals surface area contributed by atoms with E-state index in [1.54, 1.807) is 32.4 Å². The summed E-state index contributed by atoms with van der Waals surface area (Å²) < 4.78 is 44.1. The van der Waals surface area contributed by atoms with Gasteiger partial charge in [0.25, 0.3) is 0 Å². The van der Waals surface area contributed by atoms with Crippen molar-refractivity contribution >= 4 is 5.97 Å². The molecule has 0 unspecified atom stereocenters. The number of ether oxygens (including phenoxy) is 8. The molecular formula is C33H44O16. The molecule has 3 saturated heterocycles. The van der Waals surface area contributed by atoms with Crippen LogP contribution in [0.3, 0.4) is 0 Å². The second kappa shape index (κ2) is 16.2. The minimum Gasteiger partial charge on any atom is -0.493 e. The van der Waals surface area contributed by atoms with Crippen molar-refractivity contribution in [3.8, 4) is 23.0 Å². The molecule has 16 nitrogen and oxygen atoms in total. The lowest BCUT2D eigenvalue weighted by Crippen LogP contribution is -2.62. The van der Waals surface area contributed by atoms with Gasteiger partial charge in [-0.3, -0.25) is 4.79 Å². The zero-order valence-electron chi connectivity index (χ0n) is 27.2. The highest BCUT2D eigenvalue weighted by molar-refractivity contribution is 5.75. The normalized spacial score (nSPS) is 34.7. The van der Waals surface area contributed by atoms with Crippen LogP contribution in [0.15, 0.2) is 36.4 Å². The maximum Gasteiger partial charge on any atom is 0.309 e. The minimum absolute atomic E-state index is 0.103. The van der Waals surface area contributed by atoms with Gasteiger partial charge in [-0.25, -0.2) is 0 Å². The zero-order valence-corrected chi connectivity index (χ0v) is 27.2. The Hall–Kier alpha value is -3.29. The van der Waals surface area contributed by atoms with E-state index in [0.29, 0.717) is 24.3 Å². The standard InChI is InChI=1S/C33H44O16/c1-42-19-6-4-15(10-21(19)43-2)8-17-13-45-31(41)18(17)9-16-5-7-20(22(11-16)44-3)47-33-30(40)28(38)26(36)24(49-33)14-46-32-29(39)27(37)25(35)23(12-34)48-32/h4-7,10-11,17-18,23-30,32-40H,8-9,12-14H2,1-3H3/t17-,18+,23+,24-,25+,26-,27-,28+,29+,30-,32+,33-/m1/s1. The van der Waals surface area contributed by atoms with E-state index in [9.17, 15) is 40.5 Å². The van der Waals surface area contributed by atoms with Gasteiger partial charge in [0, 0.05) is 5.92 Å². The van der Waals surface area contributed by atoms with Crippen molar-refractivity contribution in [2.45, 2.75) is 74.3 Å². The first-order valence-corrected chi connectivity index (χ1v) is 15.8. The fourth-order valence-electron chi connectivity index (χ4n) is 6.23. The molecule has 12 atom stereocenters. The third-order valence-corrected chi connectivity index (χ3v) is 9.13. The third kappa shape index (κ3) is 8.04. The molecule has 0 radical (unpaired) electrons. The van der Waals surface area contributed by atoms with Crippen LogP contribution < -0.4 is 18.9 Å². The van der Waals surface area contributed by atoms with Crippen LogP contribution in [0, 0.1) is 11.8 Å². The molecule has 0 spiro atoms. The van der Waals surface area contributed by atoms with E-state index in [1.165, 1.54) is 7.11 Å². The molecule has 2 aromatic rings. The summed E-state index contributed by atoms with van der Waals surface area (Å²) >= 11 is 0. The molecule has 0 aliphatic carbocycles. The van der Waals surface area contributed by atoms with E-state index in [0.717, 1.165) is 11.1 Å². The average Bonchev–Trinajstić information content (AvgIpc) is 3.45. The summed E-state index contributed by atoms with van der Waals surface area (Å²) in [5.41, 5.74) is 1.71. The molecule has 49 heavy (non-hydrogen) atoms. The highest BCUT2D eigenvalue weighted by Gasteiger charge is 2.48. The van der Waals surface area contributed by atoms with E-state index in [-0.39, 0.29) is 30.0 Å². The van der Waals surface area contributed by atoms with Crippen molar-refractivity contribution in [3.05, 3.63) is 47.5 Å². The lowest BCUT2D eigenvalue weighted by molar-refractivity contribution is -0.323. The molecule has 0 aromatic heterocycles. The van der Waals surface area contributed by atoms with Crippen LogP contribution in [0.2, 0.25) is 0 Å². The van der Waals surface area contributed by atoms with Crippen LogP contribution in [-0.2, 0) is 36.6 Å². The van der Waals surface area contributed by atoms with Gasteiger partial charge in [0.15, 0.2) is 29.3 Å². The van der Waals surface area contributed by atoms with Crippen molar-refractivity contribution in [1.82, 2.24) is 0 Å². The first kappa shape index (κ1) is 37.0. The highest BCUT2D eigenvalue weighted by Crippen LogP contribution is 2.36. The van der Waals surface area contributed by atoms with Gasteiger partial charge in [0.1, 0.15) is 48.8 Å². The van der Waals surface area contributed by atoms with Gasteiger partial charge in [0.2, 0.25) is 6.29 Å². The topological polar surface area (TPSA) is 233 Å². The van der Waals surface area contributed by atoms with Crippen molar-refractivity contribution in [2.24, 2.45) is 11.8 Å². The van der Waals surface area contributed by atoms with Crippen molar-refractivity contribution < 1.29 is 78.4 Å². The first-order chi connectivity index (χ1) is 23.5. The van der Waals surface area contributed by atoms with Crippen LogP contribution >= 0.6 is 0 Å². The molecule has 3 heterocycles. The van der Waals surface area contributed by atoms with Gasteiger partial charge < -0.3 is 73.6 Å². The van der Waals surface area contributed by atoms with Gasteiger partial charge in [-0.1, -0.05) is 12.1 Å². The summed E-state index contributed by atoms with van der Waals surface area (Å²) in [5, 5.41) is 71.4. The van der Waals surface area contributed by atoms with Crippen LogP contribution in [0.25, 0.3) is 0 Å². The zero-order chi connectivity index (χ0) is 35.4. The predicted octanol–water partition coefficient (Wildman–Crippen LogP) is -1.71. The number of benzene rings is 2. The SMILES string of the molecule is COc1ccc(C[C@@H]2COC(=O)[C@H]2Cc2ccc(O[C@@H]3O[C@H](CO[C@H]4O[C@@H](CO)[C@H](O)[C@@H](O)[C@@H]4O)[C@@H](O)[C@H](O)[C@H]3O)c(OC)c2)cc1OC. The number of methoxy groups -OCH3 is 3. The van der Waals surface area contributed by atoms with Crippen molar-refractivity contribution in [1.29, 1.82) is 0 Å². The van der Waals surface area contributed by atoms with Crippen LogP contribution in [0.5, 0.6) is 23.0 Å². The molecule has 272 valence electrons. The van der Waals surface area contributed by atoms with Gasteiger partial charge in [-0.15, -0.1) is 0 Å². The molecule has 0 amide bonds. The van der Waals surface area contributed by atoms with Crippen LogP contribution in [-0.4, -0.2) is 144 Å². The Kier molecular flexibility index (Phi) is 12.2. The highest BCUT2D eigenvalue weighted by atomic mass is 16.7. The monoisotopic (exact) mass is 696 g/mol. The van der Waals surface area contributed by atoms with E-state index in [4.69, 9.17) is 37.9 Å². The Labute approximate surface area is 282 Å². The number of cyclic esters (lactones) is 1. The fourth-order valence-corrected chi connectivity index (χ4v) is 6.23. The largest absolute Gasteiger partial charge is 0.493 e. The second-order valence-electron chi connectivity index (χ2n) is 12.2. The summed E-state index contributed by atoms with van der Waals surface area (Å²) in [6, 6.07) is 10.6. The third-order valence-electron chi connectivity index (χ3n) is 9.13. The van der Waals surface area contributed by atoms with Gasteiger partial charge in [-0.2, -0.15) is 0 Å². The molecular weight excluding hydrogens is 652 g/mol. The Balaban J connectivity index is 1.24. The summed E-state index contributed by atoms with van der Waals surface area (Å²) in [7, 11) is 4.52. The molecule has 3 aliphatic rings. The first-order valence-electron chi connectivity index (χ1n) is 15.8. The second-order valence-corrected chi connectivity index (χ2v) is 12.2. The maximum atomic E-state index is 12.8. The molecule has 0 bridgehead atoms. The molecule has 7 N–H and O–H groups in total. The number of rotatable bonds is 13. The number of hydrogen-bond acceptors (Lipinski definition) is 16. The summed E-state index contributed by atoms with van der Waals surface area (Å²) in [6.07, 6.45) is -14.7. The summed E-state index contributed by atoms with van der Waals surface area (Å²) in [5.74, 6) is 0.707. The summed E-state index contributed by atoms with van der Waals surface area (Å²) in [4.78, 5) is 12.8. The van der Waals surface area contributed by atoms with Gasteiger partial charge >= 0.3 is 5.97 Å². The van der Waals surface area contributed by atoms with Crippen LogP contribution in [0.1, 0.15) is 11.1 Å². The van der Waals surface area contributed by atoms with Gasteiger partial charge in [0.05, 0.1) is 47.1 Å². The number of carbonyl (C=O) groups is 1. The van der Waals surface area contributed by atoms with Crippen molar-refractivity contribution in [3.63, 3.8) is 0 Å². The maximum absolute atomic E-state index is 12.8. The summed E-state index contributed by atoms with van der Waals surface area (Å²) in [6.45, 7) is -0.909. The van der Waals surface area contributed by atoms with Crippen LogP contribution in [0.4, 0.5) is 0 Å². The predicted molar refractivity (Wildman–Crippen MR) is 165 cm³/mol. The minimum atomic E-state index is -1.73. The Bertz CT molecular complexity index is 1400. The lowest BCUT2D eigenvalue weighted by atomic mass is 9.85. The average molecular weight is 697 g/mol. The number of hydrogen-bond donors (Lipinski definition) is 7. The fraction of sp³-hybridized carbons (Fsp3) is 0.606. The molecule has 0 saturated carbocycles. The molecule has 5 rings (SSSR count). The van der Waals surface area contributed by atoms with E-state index < -0.39 is 80.5 Å². The van der Waals surface area contributed by atoms with Crippen molar-refractivity contribution in [2.75, 3.05) is 41.2 Å². The number of esters is 1. The number of carbonyl (C=O) groups excluding carboxylic acids is 1. The van der Waals surface area contributed by atoms with E-state index in [2.05, 4.69) is 0 Å². The Morgan fingerprint density at radius 1 is 0.673 bits per heavy atom. The Morgan fingerprint density at radius 3 is 1.86 bits per heavy atom. The van der Waals surface area contributed by atoms with E-state index in [1.807, 2.05) is 18.2 Å². The smallest absolute Gasteiger partial charge is 0.309 e. The lowest BCUT2D eigenvalue weighted by Gasteiger charge is -2.42. The molecule has 2 aromatic carbocycles. The molecule has 3 aliphatic heterocycles. The number of aliphatic hydroxyl groups is 7. The quantitative estimate of drug-likeness (QED) is 0.116. The molecule has 16 heteroatoms. The van der Waals surface area contributed by atoms with E-state index >= 15 is 0 Å². The number of aliphatic hydroxyl groups excluding tert-OH is 7. The molecule has 3 fully saturated rings. The van der Waals surface area contributed by atoms with Gasteiger partial charge in [-0.05, 0) is 48.2 Å². The Morgan fingerprint density at radius 2 is 1.22 bits per heavy atom.